The van der Waals surface area contributed by atoms with Gasteiger partial charge in [0.15, 0.2) is 0 Å². The molecule has 0 spiro atoms. The first kappa shape index (κ1) is 13.1. The maximum absolute atomic E-state index is 3.44. The lowest BCUT2D eigenvalue weighted by atomic mass is 9.86. The lowest BCUT2D eigenvalue weighted by Crippen LogP contribution is -2.45. The Morgan fingerprint density at radius 3 is 2.59 bits per heavy atom. The summed E-state index contributed by atoms with van der Waals surface area (Å²) in [6.45, 7) is 11.6. The van der Waals surface area contributed by atoms with Gasteiger partial charge in [0.1, 0.15) is 0 Å². The number of thiophene rings is 1. The Kier molecular flexibility index (Phi) is 4.23. The molecular weight excluding hydrogens is 228 g/mol. The van der Waals surface area contributed by atoms with Gasteiger partial charge in [0.25, 0.3) is 0 Å². The van der Waals surface area contributed by atoms with Gasteiger partial charge in [-0.1, -0.05) is 26.8 Å². The first-order valence-corrected chi connectivity index (χ1v) is 7.42. The van der Waals surface area contributed by atoms with Gasteiger partial charge in [-0.2, -0.15) is 0 Å². The summed E-state index contributed by atoms with van der Waals surface area (Å²) in [6.07, 6.45) is 1.24. The van der Waals surface area contributed by atoms with E-state index in [0.717, 1.165) is 13.1 Å². The van der Waals surface area contributed by atoms with Crippen molar-refractivity contribution in [3.8, 4) is 0 Å². The molecule has 2 rings (SSSR count). The third-order valence-electron chi connectivity index (χ3n) is 3.27. The van der Waals surface area contributed by atoms with E-state index in [0.29, 0.717) is 11.5 Å². The molecule has 0 bridgehead atoms. The van der Waals surface area contributed by atoms with E-state index in [9.17, 15) is 0 Å². The van der Waals surface area contributed by atoms with Crippen LogP contribution in [0.5, 0.6) is 0 Å². The molecule has 1 aliphatic heterocycles. The quantitative estimate of drug-likeness (QED) is 0.889. The summed E-state index contributed by atoms with van der Waals surface area (Å²) in [5, 5.41) is 5.64. The maximum atomic E-state index is 3.44. The maximum Gasteiger partial charge on any atom is 0.0447 e. The fourth-order valence-electron chi connectivity index (χ4n) is 2.46. The normalized spacial score (nSPS) is 20.4. The second kappa shape index (κ2) is 5.51. The van der Waals surface area contributed by atoms with Gasteiger partial charge in [0.05, 0.1) is 0 Å². The monoisotopic (exact) mass is 252 g/mol. The predicted molar refractivity (Wildman–Crippen MR) is 75.6 cm³/mol. The van der Waals surface area contributed by atoms with Crippen molar-refractivity contribution in [2.75, 3.05) is 26.2 Å². The highest BCUT2D eigenvalue weighted by Crippen LogP contribution is 2.35. The predicted octanol–water partition coefficient (Wildman–Crippen LogP) is 3.13. The molecule has 0 amide bonds. The van der Waals surface area contributed by atoms with Gasteiger partial charge in [-0.15, -0.1) is 11.3 Å². The lowest BCUT2D eigenvalue weighted by molar-refractivity contribution is 0.135. The molecule has 0 aliphatic carbocycles. The zero-order valence-corrected chi connectivity index (χ0v) is 12.0. The topological polar surface area (TPSA) is 15.3 Å². The van der Waals surface area contributed by atoms with Crippen LogP contribution < -0.4 is 5.32 Å². The summed E-state index contributed by atoms with van der Waals surface area (Å²) in [7, 11) is 0. The first-order chi connectivity index (χ1) is 8.06. The highest BCUT2D eigenvalue weighted by molar-refractivity contribution is 7.10. The lowest BCUT2D eigenvalue weighted by Gasteiger charge is -2.37. The molecule has 3 heteroatoms. The van der Waals surface area contributed by atoms with Crippen molar-refractivity contribution in [3.05, 3.63) is 22.4 Å². The summed E-state index contributed by atoms with van der Waals surface area (Å²) in [5.74, 6) is 0. The number of piperazine rings is 1. The van der Waals surface area contributed by atoms with Crippen molar-refractivity contribution in [2.45, 2.75) is 33.2 Å². The Labute approximate surface area is 109 Å². The van der Waals surface area contributed by atoms with Crippen molar-refractivity contribution in [1.82, 2.24) is 10.2 Å². The highest BCUT2D eigenvalue weighted by atomic mass is 32.1. The molecule has 1 fully saturated rings. The summed E-state index contributed by atoms with van der Waals surface area (Å²) in [6, 6.07) is 5.08. The van der Waals surface area contributed by atoms with Crippen molar-refractivity contribution >= 4 is 11.3 Å². The molecule has 1 aromatic rings. The molecule has 1 atom stereocenters. The van der Waals surface area contributed by atoms with E-state index in [4.69, 9.17) is 0 Å². The summed E-state index contributed by atoms with van der Waals surface area (Å²) >= 11 is 1.90. The van der Waals surface area contributed by atoms with Crippen molar-refractivity contribution in [2.24, 2.45) is 5.41 Å². The smallest absolute Gasteiger partial charge is 0.0447 e. The summed E-state index contributed by atoms with van der Waals surface area (Å²) in [4.78, 5) is 4.18. The molecular formula is C14H24N2S. The molecule has 2 nitrogen and oxygen atoms in total. The first-order valence-electron chi connectivity index (χ1n) is 6.54. The van der Waals surface area contributed by atoms with Crippen LogP contribution in [0.1, 0.15) is 38.1 Å². The number of hydrogen-bond acceptors (Lipinski definition) is 3. The third-order valence-corrected chi connectivity index (χ3v) is 4.24. The van der Waals surface area contributed by atoms with Crippen LogP contribution >= 0.6 is 11.3 Å². The Hall–Kier alpha value is -0.380. The molecule has 96 valence electrons. The average molecular weight is 252 g/mol. The van der Waals surface area contributed by atoms with E-state index in [2.05, 4.69) is 48.5 Å². The number of hydrogen-bond donors (Lipinski definition) is 1. The van der Waals surface area contributed by atoms with E-state index in [-0.39, 0.29) is 0 Å². The molecule has 0 saturated carbocycles. The fraction of sp³-hybridized carbons (Fsp3) is 0.714. The van der Waals surface area contributed by atoms with Gasteiger partial charge in [-0.05, 0) is 23.3 Å². The minimum absolute atomic E-state index is 0.388. The Balaban J connectivity index is 2.12. The van der Waals surface area contributed by atoms with E-state index in [1.54, 1.807) is 0 Å². The van der Waals surface area contributed by atoms with Crippen LogP contribution in [0.25, 0.3) is 0 Å². The van der Waals surface area contributed by atoms with Crippen LogP contribution in [0.2, 0.25) is 0 Å². The van der Waals surface area contributed by atoms with Gasteiger partial charge in [-0.3, -0.25) is 4.90 Å². The second-order valence-corrected chi connectivity index (χ2v) is 7.06. The molecule has 2 heterocycles. The molecule has 1 saturated heterocycles. The van der Waals surface area contributed by atoms with Gasteiger partial charge < -0.3 is 5.32 Å². The van der Waals surface area contributed by atoms with Gasteiger partial charge in [-0.25, -0.2) is 0 Å². The molecule has 1 aliphatic rings. The Bertz CT molecular complexity index is 320. The van der Waals surface area contributed by atoms with Crippen LogP contribution in [-0.2, 0) is 0 Å². The minimum atomic E-state index is 0.388. The SMILES string of the molecule is CC(C)(C)CC(c1cccs1)N1CCNCC1. The number of nitrogens with zero attached hydrogens (tertiary/aromatic N) is 1. The zero-order chi connectivity index (χ0) is 12.3. The highest BCUT2D eigenvalue weighted by Gasteiger charge is 2.27. The van der Waals surface area contributed by atoms with E-state index < -0.39 is 0 Å². The standard InChI is InChI=1S/C14H24N2S/c1-14(2,3)11-12(13-5-4-10-17-13)16-8-6-15-7-9-16/h4-5,10,12,15H,6-9,11H2,1-3H3. The largest absolute Gasteiger partial charge is 0.314 e. The van der Waals surface area contributed by atoms with E-state index >= 15 is 0 Å². The van der Waals surface area contributed by atoms with Crippen molar-refractivity contribution in [3.63, 3.8) is 0 Å². The fourth-order valence-corrected chi connectivity index (χ4v) is 3.33. The summed E-state index contributed by atoms with van der Waals surface area (Å²) in [5.41, 5.74) is 0.388. The van der Waals surface area contributed by atoms with Crippen LogP contribution in [0, 0.1) is 5.41 Å². The summed E-state index contributed by atoms with van der Waals surface area (Å²) < 4.78 is 0. The van der Waals surface area contributed by atoms with Crippen LogP contribution in [0.15, 0.2) is 17.5 Å². The molecule has 0 radical (unpaired) electrons. The van der Waals surface area contributed by atoms with Gasteiger partial charge >= 0.3 is 0 Å². The second-order valence-electron chi connectivity index (χ2n) is 6.08. The van der Waals surface area contributed by atoms with Gasteiger partial charge in [0, 0.05) is 37.1 Å². The molecule has 0 aromatic carbocycles. The van der Waals surface area contributed by atoms with Crippen LogP contribution in [0.3, 0.4) is 0 Å². The molecule has 1 aromatic heterocycles. The third kappa shape index (κ3) is 3.80. The van der Waals surface area contributed by atoms with Gasteiger partial charge in [0.2, 0.25) is 0 Å². The molecule has 1 unspecified atom stereocenters. The average Bonchev–Trinajstić information content (AvgIpc) is 2.79. The minimum Gasteiger partial charge on any atom is -0.314 e. The molecule has 1 N–H and O–H groups in total. The van der Waals surface area contributed by atoms with Crippen LogP contribution in [0.4, 0.5) is 0 Å². The zero-order valence-electron chi connectivity index (χ0n) is 11.2. The number of nitrogens with one attached hydrogen (secondary N) is 1. The Morgan fingerprint density at radius 2 is 2.06 bits per heavy atom. The molecule has 17 heavy (non-hydrogen) atoms. The van der Waals surface area contributed by atoms with E-state index in [1.807, 2.05) is 11.3 Å². The van der Waals surface area contributed by atoms with Crippen LogP contribution in [-0.4, -0.2) is 31.1 Å². The number of rotatable bonds is 3. The Morgan fingerprint density at radius 1 is 1.35 bits per heavy atom. The van der Waals surface area contributed by atoms with Crippen molar-refractivity contribution in [1.29, 1.82) is 0 Å². The van der Waals surface area contributed by atoms with E-state index in [1.165, 1.54) is 24.4 Å². The van der Waals surface area contributed by atoms with Crippen molar-refractivity contribution < 1.29 is 0 Å².